The van der Waals surface area contributed by atoms with Crippen LogP contribution in [0.4, 0.5) is 4.79 Å². The van der Waals surface area contributed by atoms with Gasteiger partial charge in [0.2, 0.25) is 5.91 Å². The van der Waals surface area contributed by atoms with Crippen molar-refractivity contribution in [2.45, 2.75) is 32.4 Å². The van der Waals surface area contributed by atoms with E-state index in [1.165, 1.54) is 0 Å². The summed E-state index contributed by atoms with van der Waals surface area (Å²) in [5.74, 6) is 0.882. The number of aromatic nitrogens is 2. The number of aryl methyl sites for hydroxylation is 1. The van der Waals surface area contributed by atoms with Crippen LogP contribution in [-0.4, -0.2) is 46.0 Å². The standard InChI is InChI=1S/C18H23N5O2/c1-12(20-18(25)21-16-8-10-22(3)17(16)24)14-4-6-15(7-5-14)23-11-9-19-13(23)2/h4-7,9,11-12,16H,8,10H2,1-3H3,(H2,20,21,25)/t12-,16+/m1/s1. The topological polar surface area (TPSA) is 79.3 Å². The fraction of sp³-hybridized carbons (Fsp3) is 0.389. The van der Waals surface area contributed by atoms with E-state index in [4.69, 9.17) is 0 Å². The van der Waals surface area contributed by atoms with Crippen molar-refractivity contribution in [1.82, 2.24) is 25.1 Å². The van der Waals surface area contributed by atoms with Gasteiger partial charge in [0.05, 0.1) is 6.04 Å². The number of carbonyl (C=O) groups is 2. The molecule has 1 aliphatic rings. The highest BCUT2D eigenvalue weighted by atomic mass is 16.2. The van der Waals surface area contributed by atoms with Crippen molar-refractivity contribution in [2.75, 3.05) is 13.6 Å². The first kappa shape index (κ1) is 17.0. The summed E-state index contributed by atoms with van der Waals surface area (Å²) in [6.45, 7) is 4.54. The number of nitrogens with one attached hydrogen (secondary N) is 2. The van der Waals surface area contributed by atoms with Gasteiger partial charge in [-0.05, 0) is 38.0 Å². The van der Waals surface area contributed by atoms with Crippen LogP contribution in [0.5, 0.6) is 0 Å². The van der Waals surface area contributed by atoms with E-state index in [9.17, 15) is 9.59 Å². The quantitative estimate of drug-likeness (QED) is 0.889. The predicted molar refractivity (Wildman–Crippen MR) is 94.4 cm³/mol. The summed E-state index contributed by atoms with van der Waals surface area (Å²) < 4.78 is 2.00. The smallest absolute Gasteiger partial charge is 0.315 e. The van der Waals surface area contributed by atoms with E-state index in [1.54, 1.807) is 18.1 Å². The summed E-state index contributed by atoms with van der Waals surface area (Å²) in [7, 11) is 1.74. The molecule has 7 heteroatoms. The SMILES string of the molecule is Cc1nccn1-c1ccc([C@@H](C)NC(=O)N[C@H]2CCN(C)C2=O)cc1. The Morgan fingerprint density at radius 3 is 2.60 bits per heavy atom. The average Bonchev–Trinajstić information content (AvgIpc) is 3.15. The molecule has 7 nitrogen and oxygen atoms in total. The summed E-state index contributed by atoms with van der Waals surface area (Å²) in [5, 5.41) is 5.63. The van der Waals surface area contributed by atoms with Gasteiger partial charge in [-0.1, -0.05) is 12.1 Å². The number of likely N-dealkylation sites (tertiary alicyclic amines) is 1. The van der Waals surface area contributed by atoms with Crippen molar-refractivity contribution in [3.8, 4) is 5.69 Å². The Kier molecular flexibility index (Phi) is 4.74. The van der Waals surface area contributed by atoms with Gasteiger partial charge in [-0.15, -0.1) is 0 Å². The van der Waals surface area contributed by atoms with Crippen molar-refractivity contribution in [3.63, 3.8) is 0 Å². The Bertz CT molecular complexity index is 768. The number of rotatable bonds is 4. The molecule has 132 valence electrons. The predicted octanol–water partition coefficient (Wildman–Crippen LogP) is 1.77. The number of amides is 3. The lowest BCUT2D eigenvalue weighted by Crippen LogP contribution is -2.46. The van der Waals surface area contributed by atoms with Crippen molar-refractivity contribution in [3.05, 3.63) is 48.0 Å². The van der Waals surface area contributed by atoms with Crippen LogP contribution < -0.4 is 10.6 Å². The van der Waals surface area contributed by atoms with Gasteiger partial charge in [0, 0.05) is 31.7 Å². The first-order valence-corrected chi connectivity index (χ1v) is 8.38. The second-order valence-corrected chi connectivity index (χ2v) is 6.38. The Labute approximate surface area is 147 Å². The zero-order valence-corrected chi connectivity index (χ0v) is 14.7. The molecule has 1 fully saturated rings. The normalized spacial score (nSPS) is 18.3. The zero-order chi connectivity index (χ0) is 18.0. The molecule has 0 aliphatic carbocycles. The van der Waals surface area contributed by atoms with Crippen LogP contribution in [0.2, 0.25) is 0 Å². The summed E-state index contributed by atoms with van der Waals surface area (Å²) in [4.78, 5) is 29.8. The molecule has 0 radical (unpaired) electrons. The Morgan fingerprint density at radius 1 is 1.32 bits per heavy atom. The second kappa shape index (κ2) is 6.96. The number of hydrogen-bond acceptors (Lipinski definition) is 3. The van der Waals surface area contributed by atoms with Gasteiger partial charge in [0.15, 0.2) is 0 Å². The van der Waals surface area contributed by atoms with Crippen molar-refractivity contribution >= 4 is 11.9 Å². The lowest BCUT2D eigenvalue weighted by atomic mass is 10.1. The van der Waals surface area contributed by atoms with Crippen LogP contribution in [0.25, 0.3) is 5.69 Å². The minimum absolute atomic E-state index is 0.0390. The van der Waals surface area contributed by atoms with Crippen molar-refractivity contribution in [2.24, 2.45) is 0 Å². The number of imidazole rings is 1. The van der Waals surface area contributed by atoms with Crippen LogP contribution in [0.1, 0.15) is 30.8 Å². The van der Waals surface area contributed by atoms with E-state index in [-0.39, 0.29) is 18.0 Å². The highest BCUT2D eigenvalue weighted by Gasteiger charge is 2.30. The van der Waals surface area contributed by atoms with E-state index in [0.717, 1.165) is 17.1 Å². The Hall–Kier alpha value is -2.83. The third-order valence-corrected chi connectivity index (χ3v) is 4.58. The highest BCUT2D eigenvalue weighted by Crippen LogP contribution is 2.17. The molecule has 1 aromatic heterocycles. The molecule has 0 bridgehead atoms. The van der Waals surface area contributed by atoms with E-state index in [1.807, 2.05) is 48.9 Å². The third-order valence-electron chi connectivity index (χ3n) is 4.58. The molecular weight excluding hydrogens is 318 g/mol. The average molecular weight is 341 g/mol. The number of urea groups is 1. The molecule has 25 heavy (non-hydrogen) atoms. The molecule has 0 spiro atoms. The molecule has 3 amide bonds. The lowest BCUT2D eigenvalue weighted by Gasteiger charge is -2.18. The van der Waals surface area contributed by atoms with E-state index < -0.39 is 6.04 Å². The maximum absolute atomic E-state index is 12.1. The summed E-state index contributed by atoms with van der Waals surface area (Å²) in [6.07, 6.45) is 4.32. The lowest BCUT2D eigenvalue weighted by molar-refractivity contribution is -0.128. The van der Waals surface area contributed by atoms with E-state index >= 15 is 0 Å². The summed E-state index contributed by atoms with van der Waals surface area (Å²) >= 11 is 0. The first-order chi connectivity index (χ1) is 12.0. The van der Waals surface area contributed by atoms with Crippen LogP contribution >= 0.6 is 0 Å². The van der Waals surface area contributed by atoms with Gasteiger partial charge >= 0.3 is 6.03 Å². The van der Waals surface area contributed by atoms with Crippen molar-refractivity contribution < 1.29 is 9.59 Å². The van der Waals surface area contributed by atoms with Crippen LogP contribution in [-0.2, 0) is 4.79 Å². The van der Waals surface area contributed by atoms with Gasteiger partial charge in [0.25, 0.3) is 0 Å². The van der Waals surface area contributed by atoms with Crippen LogP contribution in [0.15, 0.2) is 36.7 Å². The van der Waals surface area contributed by atoms with Gasteiger partial charge in [-0.25, -0.2) is 9.78 Å². The number of nitrogens with zero attached hydrogens (tertiary/aromatic N) is 3. The fourth-order valence-electron chi connectivity index (χ4n) is 3.01. The number of hydrogen-bond donors (Lipinski definition) is 2. The minimum atomic E-state index is -0.427. The van der Waals surface area contributed by atoms with Crippen LogP contribution in [0, 0.1) is 6.92 Å². The molecule has 0 saturated carbocycles. The third kappa shape index (κ3) is 3.65. The molecule has 1 saturated heterocycles. The first-order valence-electron chi connectivity index (χ1n) is 8.38. The molecule has 3 rings (SSSR count). The summed E-state index contributed by atoms with van der Waals surface area (Å²) in [5.41, 5.74) is 2.02. The van der Waals surface area contributed by atoms with Gasteiger partial charge < -0.3 is 20.1 Å². The number of carbonyl (C=O) groups excluding carboxylic acids is 2. The molecule has 1 aromatic carbocycles. The largest absolute Gasteiger partial charge is 0.344 e. The molecule has 2 aromatic rings. The van der Waals surface area contributed by atoms with Gasteiger partial charge in [-0.2, -0.15) is 0 Å². The minimum Gasteiger partial charge on any atom is -0.344 e. The van der Waals surface area contributed by atoms with E-state index in [0.29, 0.717) is 13.0 Å². The molecule has 2 heterocycles. The maximum Gasteiger partial charge on any atom is 0.315 e. The van der Waals surface area contributed by atoms with E-state index in [2.05, 4.69) is 15.6 Å². The number of benzene rings is 1. The van der Waals surface area contributed by atoms with Crippen LogP contribution in [0.3, 0.4) is 0 Å². The van der Waals surface area contributed by atoms with Crippen molar-refractivity contribution in [1.29, 1.82) is 0 Å². The van der Waals surface area contributed by atoms with Gasteiger partial charge in [0.1, 0.15) is 11.9 Å². The Morgan fingerprint density at radius 2 is 2.04 bits per heavy atom. The molecule has 2 atom stereocenters. The Balaban J connectivity index is 1.59. The maximum atomic E-state index is 12.1. The zero-order valence-electron chi connectivity index (χ0n) is 14.7. The van der Waals surface area contributed by atoms with Gasteiger partial charge in [-0.3, -0.25) is 4.79 Å². The molecule has 0 unspecified atom stereocenters. The second-order valence-electron chi connectivity index (χ2n) is 6.38. The number of likely N-dealkylation sites (N-methyl/N-ethyl adjacent to an activating group) is 1. The highest BCUT2D eigenvalue weighted by molar-refractivity contribution is 5.88. The monoisotopic (exact) mass is 341 g/mol. The molecule has 2 N–H and O–H groups in total. The molecular formula is C18H23N5O2. The fourth-order valence-corrected chi connectivity index (χ4v) is 3.01. The summed E-state index contributed by atoms with van der Waals surface area (Å²) in [6, 6.07) is 7.04. The molecule has 1 aliphatic heterocycles.